The molecule has 2 nitrogen and oxygen atoms in total. The van der Waals surface area contributed by atoms with Crippen LogP contribution < -0.4 is 0 Å². The van der Waals surface area contributed by atoms with Crippen LogP contribution in [0.3, 0.4) is 0 Å². The molecule has 0 radical (unpaired) electrons. The molecule has 13 heavy (non-hydrogen) atoms. The Hall–Kier alpha value is -0.940. The molecule has 0 spiro atoms. The fraction of sp³-hybridized carbons (Fsp3) is 0.500. The number of hydrogen-bond donors (Lipinski definition) is 0. The normalized spacial score (nSPS) is 10.0. The second-order valence-electron chi connectivity index (χ2n) is 3.09. The molecule has 0 aromatic carbocycles. The molecule has 70 valence electrons. The van der Waals surface area contributed by atoms with E-state index in [0.29, 0.717) is 5.88 Å². The van der Waals surface area contributed by atoms with Crippen molar-refractivity contribution in [3.63, 3.8) is 0 Å². The maximum atomic E-state index is 8.79. The van der Waals surface area contributed by atoms with E-state index in [2.05, 4.69) is 10.6 Å². The van der Waals surface area contributed by atoms with Crippen molar-refractivity contribution in [2.45, 2.75) is 26.8 Å². The van der Waals surface area contributed by atoms with Gasteiger partial charge < -0.3 is 4.57 Å². The molecular weight excluding hydrogens is 184 g/mol. The van der Waals surface area contributed by atoms with Crippen LogP contribution >= 0.6 is 11.6 Å². The predicted molar refractivity (Wildman–Crippen MR) is 54.0 cm³/mol. The minimum Gasteiger partial charge on any atom is -0.348 e. The summed E-state index contributed by atoms with van der Waals surface area (Å²) >= 11 is 5.62. The quantitative estimate of drug-likeness (QED) is 0.684. The lowest BCUT2D eigenvalue weighted by molar-refractivity contribution is 0.651. The number of halogens is 1. The summed E-state index contributed by atoms with van der Waals surface area (Å²) in [6.07, 6.45) is 0.947. The first-order valence-corrected chi connectivity index (χ1v) is 4.87. The van der Waals surface area contributed by atoms with Crippen molar-refractivity contribution in [3.8, 4) is 6.07 Å². The highest BCUT2D eigenvalue weighted by molar-refractivity contribution is 6.17. The summed E-state index contributed by atoms with van der Waals surface area (Å²) in [5.41, 5.74) is 2.95. The molecule has 1 aromatic rings. The van der Waals surface area contributed by atoms with Crippen LogP contribution in [0.15, 0.2) is 6.07 Å². The van der Waals surface area contributed by atoms with E-state index < -0.39 is 0 Å². The Morgan fingerprint density at radius 3 is 2.69 bits per heavy atom. The summed E-state index contributed by atoms with van der Waals surface area (Å²) in [6.45, 7) is 4.89. The largest absolute Gasteiger partial charge is 0.348 e. The molecule has 3 heteroatoms. The number of aryl methyl sites for hydroxylation is 1. The Morgan fingerprint density at radius 1 is 1.54 bits per heavy atom. The molecular formula is C10H13ClN2. The summed E-state index contributed by atoms with van der Waals surface area (Å²) in [5.74, 6) is 0.666. The van der Waals surface area contributed by atoms with Crippen molar-refractivity contribution in [3.05, 3.63) is 23.0 Å². The highest BCUT2D eigenvalue weighted by Gasteiger charge is 2.06. The average Bonchev–Trinajstić information content (AvgIpc) is 2.39. The first-order chi connectivity index (χ1) is 6.20. The molecule has 0 bridgehead atoms. The van der Waals surface area contributed by atoms with E-state index in [9.17, 15) is 0 Å². The summed E-state index contributed by atoms with van der Waals surface area (Å²) in [7, 11) is 0. The third-order valence-corrected chi connectivity index (χ3v) is 2.48. The summed E-state index contributed by atoms with van der Waals surface area (Å²) in [5, 5.41) is 8.79. The maximum Gasteiger partial charge on any atom is 0.101 e. The number of rotatable bonds is 3. The third-order valence-electron chi connectivity index (χ3n) is 2.21. The number of hydrogen-bond acceptors (Lipinski definition) is 1. The van der Waals surface area contributed by atoms with Crippen LogP contribution in [-0.2, 0) is 6.54 Å². The second kappa shape index (κ2) is 4.34. The van der Waals surface area contributed by atoms with Crippen LogP contribution in [0, 0.1) is 25.2 Å². The molecule has 0 aliphatic heterocycles. The van der Waals surface area contributed by atoms with E-state index in [-0.39, 0.29) is 0 Å². The van der Waals surface area contributed by atoms with Gasteiger partial charge in [-0.2, -0.15) is 5.26 Å². The molecule has 1 rings (SSSR count). The number of alkyl halides is 1. The van der Waals surface area contributed by atoms with Gasteiger partial charge in [-0.25, -0.2) is 0 Å². The van der Waals surface area contributed by atoms with Crippen molar-refractivity contribution in [2.75, 3.05) is 5.88 Å². The van der Waals surface area contributed by atoms with Gasteiger partial charge in [0.05, 0.1) is 5.56 Å². The third kappa shape index (κ3) is 2.05. The second-order valence-corrected chi connectivity index (χ2v) is 3.47. The highest BCUT2D eigenvalue weighted by atomic mass is 35.5. The standard InChI is InChI=1S/C10H13ClN2/c1-8-6-10(7-12)9(2)13(8)5-3-4-11/h6H,3-5H2,1-2H3. The van der Waals surface area contributed by atoms with Gasteiger partial charge in [-0.05, 0) is 26.3 Å². The van der Waals surface area contributed by atoms with Crippen molar-refractivity contribution >= 4 is 11.6 Å². The average molecular weight is 197 g/mol. The minimum atomic E-state index is 0.666. The molecule has 1 heterocycles. The van der Waals surface area contributed by atoms with E-state index in [0.717, 1.165) is 29.9 Å². The molecule has 0 amide bonds. The van der Waals surface area contributed by atoms with Gasteiger partial charge in [-0.15, -0.1) is 11.6 Å². The Bertz CT molecular complexity index is 333. The van der Waals surface area contributed by atoms with E-state index in [1.54, 1.807) is 0 Å². The topological polar surface area (TPSA) is 28.7 Å². The Morgan fingerprint density at radius 2 is 2.23 bits per heavy atom. The van der Waals surface area contributed by atoms with E-state index in [1.807, 2.05) is 19.9 Å². The van der Waals surface area contributed by atoms with E-state index in [4.69, 9.17) is 16.9 Å². The zero-order valence-corrected chi connectivity index (χ0v) is 8.73. The van der Waals surface area contributed by atoms with E-state index in [1.165, 1.54) is 0 Å². The van der Waals surface area contributed by atoms with Gasteiger partial charge in [0.25, 0.3) is 0 Å². The fourth-order valence-corrected chi connectivity index (χ4v) is 1.60. The van der Waals surface area contributed by atoms with Crippen molar-refractivity contribution < 1.29 is 0 Å². The van der Waals surface area contributed by atoms with Crippen LogP contribution in [0.2, 0.25) is 0 Å². The predicted octanol–water partition coefficient (Wildman–Crippen LogP) is 2.61. The molecule has 0 atom stereocenters. The van der Waals surface area contributed by atoms with Crippen LogP contribution in [-0.4, -0.2) is 10.4 Å². The lowest BCUT2D eigenvalue weighted by Gasteiger charge is -2.06. The van der Waals surface area contributed by atoms with Crippen LogP contribution in [0.1, 0.15) is 23.4 Å². The lowest BCUT2D eigenvalue weighted by Crippen LogP contribution is -2.02. The summed E-state index contributed by atoms with van der Waals surface area (Å²) in [6, 6.07) is 4.10. The first-order valence-electron chi connectivity index (χ1n) is 4.33. The molecule has 0 fully saturated rings. The highest BCUT2D eigenvalue weighted by Crippen LogP contribution is 2.14. The first kappa shape index (κ1) is 10.1. The van der Waals surface area contributed by atoms with Gasteiger partial charge in [0.1, 0.15) is 6.07 Å². The number of aromatic nitrogens is 1. The maximum absolute atomic E-state index is 8.79. The zero-order valence-electron chi connectivity index (χ0n) is 7.97. The number of nitrogens with zero attached hydrogens (tertiary/aromatic N) is 2. The van der Waals surface area contributed by atoms with Gasteiger partial charge in [-0.3, -0.25) is 0 Å². The molecule has 0 unspecified atom stereocenters. The monoisotopic (exact) mass is 196 g/mol. The van der Waals surface area contributed by atoms with Gasteiger partial charge in [0.15, 0.2) is 0 Å². The van der Waals surface area contributed by atoms with Gasteiger partial charge in [0, 0.05) is 23.8 Å². The summed E-state index contributed by atoms with van der Waals surface area (Å²) < 4.78 is 2.14. The van der Waals surface area contributed by atoms with Gasteiger partial charge in [0.2, 0.25) is 0 Å². The number of nitriles is 1. The summed E-state index contributed by atoms with van der Waals surface area (Å²) in [4.78, 5) is 0. The Kier molecular flexibility index (Phi) is 3.39. The molecule has 1 aromatic heterocycles. The van der Waals surface area contributed by atoms with E-state index >= 15 is 0 Å². The van der Waals surface area contributed by atoms with Crippen molar-refractivity contribution in [2.24, 2.45) is 0 Å². The van der Waals surface area contributed by atoms with Gasteiger partial charge in [-0.1, -0.05) is 0 Å². The van der Waals surface area contributed by atoms with Crippen LogP contribution in [0.25, 0.3) is 0 Å². The Balaban J connectivity index is 2.94. The molecule has 0 saturated heterocycles. The van der Waals surface area contributed by atoms with Crippen LogP contribution in [0.4, 0.5) is 0 Å². The Labute approximate surface area is 83.7 Å². The molecule has 0 saturated carbocycles. The molecule has 0 N–H and O–H groups in total. The molecule has 0 aliphatic carbocycles. The zero-order chi connectivity index (χ0) is 9.84. The van der Waals surface area contributed by atoms with Gasteiger partial charge >= 0.3 is 0 Å². The fourth-order valence-electron chi connectivity index (χ4n) is 1.48. The molecule has 0 aliphatic rings. The van der Waals surface area contributed by atoms with Crippen molar-refractivity contribution in [1.29, 1.82) is 5.26 Å². The SMILES string of the molecule is Cc1cc(C#N)c(C)n1CCCCl. The van der Waals surface area contributed by atoms with Crippen LogP contribution in [0.5, 0.6) is 0 Å². The van der Waals surface area contributed by atoms with Crippen molar-refractivity contribution in [1.82, 2.24) is 4.57 Å². The smallest absolute Gasteiger partial charge is 0.101 e. The lowest BCUT2D eigenvalue weighted by atomic mass is 10.3. The minimum absolute atomic E-state index is 0.666.